The van der Waals surface area contributed by atoms with Crippen LogP contribution in [0.3, 0.4) is 0 Å². The molecule has 0 saturated heterocycles. The number of nitrogens with two attached hydrogens (primary N) is 1. The predicted octanol–water partition coefficient (Wildman–Crippen LogP) is 1.65. The SMILES string of the molecule is CC(NCCN)c1ccc(Br)o1. The summed E-state index contributed by atoms with van der Waals surface area (Å²) in [5, 5.41) is 3.22. The average Bonchev–Trinajstić information content (AvgIpc) is 2.47. The van der Waals surface area contributed by atoms with Crippen LogP contribution in [0.25, 0.3) is 0 Å². The summed E-state index contributed by atoms with van der Waals surface area (Å²) < 4.78 is 6.12. The lowest BCUT2D eigenvalue weighted by Crippen LogP contribution is -2.25. The van der Waals surface area contributed by atoms with Crippen molar-refractivity contribution in [2.75, 3.05) is 13.1 Å². The van der Waals surface area contributed by atoms with E-state index in [-0.39, 0.29) is 6.04 Å². The molecule has 3 N–H and O–H groups in total. The molecule has 4 heteroatoms. The first-order valence-corrected chi connectivity index (χ1v) is 4.72. The second kappa shape index (κ2) is 4.64. The van der Waals surface area contributed by atoms with E-state index in [9.17, 15) is 0 Å². The maximum Gasteiger partial charge on any atom is 0.169 e. The van der Waals surface area contributed by atoms with Gasteiger partial charge < -0.3 is 15.5 Å². The largest absolute Gasteiger partial charge is 0.453 e. The highest BCUT2D eigenvalue weighted by atomic mass is 79.9. The van der Waals surface area contributed by atoms with Crippen LogP contribution in [0.15, 0.2) is 21.2 Å². The normalized spacial score (nSPS) is 13.2. The smallest absolute Gasteiger partial charge is 0.169 e. The van der Waals surface area contributed by atoms with E-state index in [0.29, 0.717) is 6.54 Å². The lowest BCUT2D eigenvalue weighted by atomic mass is 10.2. The van der Waals surface area contributed by atoms with Crippen LogP contribution in [-0.2, 0) is 0 Å². The summed E-state index contributed by atoms with van der Waals surface area (Å²) in [5.74, 6) is 0.926. The Labute approximate surface area is 80.4 Å². The second-order valence-corrected chi connectivity index (χ2v) is 3.39. The Morgan fingerprint density at radius 3 is 2.92 bits per heavy atom. The monoisotopic (exact) mass is 232 g/mol. The van der Waals surface area contributed by atoms with E-state index < -0.39 is 0 Å². The van der Waals surface area contributed by atoms with Crippen molar-refractivity contribution in [2.24, 2.45) is 5.73 Å². The highest BCUT2D eigenvalue weighted by Crippen LogP contribution is 2.19. The molecular weight excluding hydrogens is 220 g/mol. The summed E-state index contributed by atoms with van der Waals surface area (Å²) in [4.78, 5) is 0. The molecule has 0 aliphatic carbocycles. The maximum absolute atomic E-state index is 5.36. The second-order valence-electron chi connectivity index (χ2n) is 2.61. The Morgan fingerprint density at radius 1 is 1.67 bits per heavy atom. The van der Waals surface area contributed by atoms with Gasteiger partial charge in [-0.2, -0.15) is 0 Å². The third-order valence-electron chi connectivity index (χ3n) is 1.62. The minimum Gasteiger partial charge on any atom is -0.453 e. The van der Waals surface area contributed by atoms with Gasteiger partial charge in [-0.3, -0.25) is 0 Å². The zero-order valence-electron chi connectivity index (χ0n) is 7.01. The first-order valence-electron chi connectivity index (χ1n) is 3.92. The standard InChI is InChI=1S/C8H13BrN2O/c1-6(11-5-4-10)7-2-3-8(9)12-7/h2-3,6,11H,4-5,10H2,1H3. The predicted molar refractivity (Wildman–Crippen MR) is 51.9 cm³/mol. The third kappa shape index (κ3) is 2.62. The van der Waals surface area contributed by atoms with Gasteiger partial charge in [-0.15, -0.1) is 0 Å². The maximum atomic E-state index is 5.36. The number of furan rings is 1. The fourth-order valence-corrected chi connectivity index (χ4v) is 1.28. The van der Waals surface area contributed by atoms with Gasteiger partial charge in [-0.25, -0.2) is 0 Å². The topological polar surface area (TPSA) is 51.2 Å². The Kier molecular flexibility index (Phi) is 3.78. The molecule has 0 fully saturated rings. The van der Waals surface area contributed by atoms with Crippen molar-refractivity contribution >= 4 is 15.9 Å². The van der Waals surface area contributed by atoms with Crippen LogP contribution in [0.4, 0.5) is 0 Å². The van der Waals surface area contributed by atoms with E-state index in [2.05, 4.69) is 21.2 Å². The number of rotatable bonds is 4. The first kappa shape index (κ1) is 9.77. The van der Waals surface area contributed by atoms with Crippen molar-refractivity contribution in [3.63, 3.8) is 0 Å². The summed E-state index contributed by atoms with van der Waals surface area (Å²) in [7, 11) is 0. The molecule has 1 rings (SSSR count). The van der Waals surface area contributed by atoms with Gasteiger partial charge in [-0.05, 0) is 35.0 Å². The summed E-state index contributed by atoms with van der Waals surface area (Å²) >= 11 is 3.25. The quantitative estimate of drug-likeness (QED) is 0.831. The summed E-state index contributed by atoms with van der Waals surface area (Å²) in [5.41, 5.74) is 5.36. The van der Waals surface area contributed by atoms with Crippen LogP contribution in [-0.4, -0.2) is 13.1 Å². The van der Waals surface area contributed by atoms with E-state index in [1.165, 1.54) is 0 Å². The lowest BCUT2D eigenvalue weighted by Gasteiger charge is -2.09. The van der Waals surface area contributed by atoms with Crippen molar-refractivity contribution in [3.05, 3.63) is 22.6 Å². The molecule has 0 aliphatic heterocycles. The molecule has 68 valence electrons. The molecule has 1 aromatic heterocycles. The van der Waals surface area contributed by atoms with Crippen molar-refractivity contribution in [3.8, 4) is 0 Å². The van der Waals surface area contributed by atoms with E-state index in [1.807, 2.05) is 19.1 Å². The summed E-state index contributed by atoms with van der Waals surface area (Å²) in [6, 6.07) is 4.05. The molecule has 12 heavy (non-hydrogen) atoms. The van der Waals surface area contributed by atoms with Gasteiger partial charge in [0.15, 0.2) is 4.67 Å². The zero-order valence-corrected chi connectivity index (χ0v) is 8.60. The molecule has 1 heterocycles. The molecule has 0 aliphatic rings. The summed E-state index contributed by atoms with van der Waals surface area (Å²) in [6.45, 7) is 3.49. The van der Waals surface area contributed by atoms with Crippen LogP contribution in [0.2, 0.25) is 0 Å². The van der Waals surface area contributed by atoms with Crippen molar-refractivity contribution < 1.29 is 4.42 Å². The average molecular weight is 233 g/mol. The molecule has 3 nitrogen and oxygen atoms in total. The Morgan fingerprint density at radius 2 is 2.42 bits per heavy atom. The highest BCUT2D eigenvalue weighted by molar-refractivity contribution is 9.10. The summed E-state index contributed by atoms with van der Waals surface area (Å²) in [6.07, 6.45) is 0. The number of hydrogen-bond donors (Lipinski definition) is 2. The highest BCUT2D eigenvalue weighted by Gasteiger charge is 2.07. The van der Waals surface area contributed by atoms with E-state index in [1.54, 1.807) is 0 Å². The minimum atomic E-state index is 0.222. The molecule has 1 aromatic rings. The number of halogens is 1. The van der Waals surface area contributed by atoms with Gasteiger partial charge in [0.25, 0.3) is 0 Å². The van der Waals surface area contributed by atoms with Crippen molar-refractivity contribution in [2.45, 2.75) is 13.0 Å². The number of hydrogen-bond acceptors (Lipinski definition) is 3. The van der Waals surface area contributed by atoms with Crippen LogP contribution in [0.1, 0.15) is 18.7 Å². The van der Waals surface area contributed by atoms with Crippen LogP contribution in [0.5, 0.6) is 0 Å². The third-order valence-corrected chi connectivity index (χ3v) is 2.04. The van der Waals surface area contributed by atoms with E-state index in [4.69, 9.17) is 10.2 Å². The Bertz CT molecular complexity index is 237. The van der Waals surface area contributed by atoms with Crippen molar-refractivity contribution in [1.29, 1.82) is 0 Å². The Hall–Kier alpha value is -0.320. The van der Waals surface area contributed by atoms with E-state index >= 15 is 0 Å². The fraction of sp³-hybridized carbons (Fsp3) is 0.500. The fourth-order valence-electron chi connectivity index (χ4n) is 0.961. The van der Waals surface area contributed by atoms with Gasteiger partial charge >= 0.3 is 0 Å². The molecule has 0 bridgehead atoms. The molecule has 0 radical (unpaired) electrons. The van der Waals surface area contributed by atoms with Gasteiger partial charge in [0, 0.05) is 13.1 Å². The first-order chi connectivity index (χ1) is 5.74. The molecule has 0 saturated carbocycles. The van der Waals surface area contributed by atoms with Crippen LogP contribution in [0, 0.1) is 0 Å². The molecule has 1 unspecified atom stereocenters. The van der Waals surface area contributed by atoms with E-state index in [0.717, 1.165) is 17.0 Å². The minimum absolute atomic E-state index is 0.222. The molecule has 0 spiro atoms. The van der Waals surface area contributed by atoms with Crippen LogP contribution >= 0.6 is 15.9 Å². The molecule has 0 amide bonds. The lowest BCUT2D eigenvalue weighted by molar-refractivity contribution is 0.421. The molecular formula is C8H13BrN2O. The van der Waals surface area contributed by atoms with Crippen molar-refractivity contribution in [1.82, 2.24) is 5.32 Å². The molecule has 0 aromatic carbocycles. The van der Waals surface area contributed by atoms with Gasteiger partial charge in [0.1, 0.15) is 5.76 Å². The van der Waals surface area contributed by atoms with Crippen LogP contribution < -0.4 is 11.1 Å². The van der Waals surface area contributed by atoms with Gasteiger partial charge in [-0.1, -0.05) is 0 Å². The zero-order chi connectivity index (χ0) is 8.97. The number of nitrogens with one attached hydrogen (secondary N) is 1. The van der Waals surface area contributed by atoms with Gasteiger partial charge in [0.2, 0.25) is 0 Å². The molecule has 1 atom stereocenters. The Balaban J connectivity index is 2.47. The van der Waals surface area contributed by atoms with Gasteiger partial charge in [0.05, 0.1) is 6.04 Å².